The van der Waals surface area contributed by atoms with E-state index in [0.717, 1.165) is 12.8 Å². The molecule has 2 amide bonds. The number of para-hydroxylation sites is 1. The highest BCUT2D eigenvalue weighted by Crippen LogP contribution is 2.24. The molecule has 0 heterocycles. The van der Waals surface area contributed by atoms with Crippen LogP contribution in [-0.4, -0.2) is 32.3 Å². The number of benzene rings is 2. The highest BCUT2D eigenvalue weighted by molar-refractivity contribution is 7.89. The molecule has 0 spiro atoms. The first-order chi connectivity index (χ1) is 13.7. The van der Waals surface area contributed by atoms with Crippen LogP contribution in [0.2, 0.25) is 5.02 Å². The molecule has 7 nitrogen and oxygen atoms in total. The minimum atomic E-state index is -3.79. The van der Waals surface area contributed by atoms with Crippen LogP contribution in [0.15, 0.2) is 47.4 Å². The Kier molecular flexibility index (Phi) is 6.26. The Morgan fingerprint density at radius 2 is 1.72 bits per heavy atom. The van der Waals surface area contributed by atoms with E-state index in [4.69, 9.17) is 11.6 Å². The number of anilines is 1. The van der Waals surface area contributed by atoms with Gasteiger partial charge in [0, 0.05) is 12.1 Å². The molecule has 1 saturated carbocycles. The first kappa shape index (κ1) is 21.3. The van der Waals surface area contributed by atoms with Crippen LogP contribution in [0.25, 0.3) is 0 Å². The van der Waals surface area contributed by atoms with Gasteiger partial charge in [-0.2, -0.15) is 0 Å². The van der Waals surface area contributed by atoms with E-state index in [1.165, 1.54) is 18.2 Å². The summed E-state index contributed by atoms with van der Waals surface area (Å²) in [7, 11) is -3.79. The number of amides is 2. The standard InChI is InChI=1S/C20H22ClN3O4S/c1-12(2)24-29(27,28)14-9-10-17(21)16(11-14)20(26)23-18-6-4-3-5-15(18)19(25)22-13-7-8-13/h3-6,9-13,24H,7-8H2,1-2H3,(H,22,25)(H,23,26). The first-order valence-electron chi connectivity index (χ1n) is 9.20. The van der Waals surface area contributed by atoms with Crippen LogP contribution >= 0.6 is 11.6 Å². The summed E-state index contributed by atoms with van der Waals surface area (Å²) in [5, 5.41) is 5.64. The second-order valence-corrected chi connectivity index (χ2v) is 9.29. The van der Waals surface area contributed by atoms with Crippen molar-refractivity contribution >= 4 is 39.1 Å². The summed E-state index contributed by atoms with van der Waals surface area (Å²) in [5.74, 6) is -0.879. The van der Waals surface area contributed by atoms with Crippen LogP contribution in [0.1, 0.15) is 47.4 Å². The van der Waals surface area contributed by atoms with Gasteiger partial charge in [-0.25, -0.2) is 13.1 Å². The van der Waals surface area contributed by atoms with E-state index in [2.05, 4.69) is 15.4 Å². The molecular weight excluding hydrogens is 414 g/mol. The zero-order valence-electron chi connectivity index (χ0n) is 16.0. The minimum Gasteiger partial charge on any atom is -0.349 e. The van der Waals surface area contributed by atoms with Crippen molar-refractivity contribution in [1.29, 1.82) is 0 Å². The Balaban J connectivity index is 1.86. The second-order valence-electron chi connectivity index (χ2n) is 7.17. The molecule has 1 fully saturated rings. The van der Waals surface area contributed by atoms with Gasteiger partial charge in [0.05, 0.1) is 26.7 Å². The third-order valence-corrected chi connectivity index (χ3v) is 6.20. The van der Waals surface area contributed by atoms with Gasteiger partial charge in [-0.05, 0) is 57.0 Å². The number of carbonyl (C=O) groups is 2. The Bertz CT molecular complexity index is 1050. The topological polar surface area (TPSA) is 104 Å². The van der Waals surface area contributed by atoms with E-state index in [1.807, 2.05) is 0 Å². The predicted octanol–water partition coefficient (Wildman–Crippen LogP) is 3.17. The van der Waals surface area contributed by atoms with Crippen molar-refractivity contribution in [1.82, 2.24) is 10.0 Å². The maximum Gasteiger partial charge on any atom is 0.257 e. The monoisotopic (exact) mass is 435 g/mol. The number of halogens is 1. The van der Waals surface area contributed by atoms with E-state index in [1.54, 1.807) is 38.1 Å². The van der Waals surface area contributed by atoms with Gasteiger partial charge < -0.3 is 10.6 Å². The van der Waals surface area contributed by atoms with Gasteiger partial charge in [0.2, 0.25) is 10.0 Å². The normalized spacial score (nSPS) is 13.9. The zero-order valence-corrected chi connectivity index (χ0v) is 17.6. The molecule has 1 aliphatic carbocycles. The lowest BCUT2D eigenvalue weighted by Crippen LogP contribution is -2.30. The van der Waals surface area contributed by atoms with Crippen molar-refractivity contribution in [3.8, 4) is 0 Å². The number of hydrogen-bond donors (Lipinski definition) is 3. The van der Waals surface area contributed by atoms with Crippen molar-refractivity contribution in [3.05, 3.63) is 58.6 Å². The molecule has 2 aromatic rings. The number of hydrogen-bond acceptors (Lipinski definition) is 4. The highest BCUT2D eigenvalue weighted by Gasteiger charge is 2.25. The van der Waals surface area contributed by atoms with Crippen molar-refractivity contribution in [2.45, 2.75) is 43.7 Å². The maximum absolute atomic E-state index is 12.8. The molecule has 9 heteroatoms. The Hall–Kier alpha value is -2.42. The Morgan fingerprint density at radius 3 is 2.38 bits per heavy atom. The van der Waals surface area contributed by atoms with Crippen LogP contribution in [0.3, 0.4) is 0 Å². The average molecular weight is 436 g/mol. The SMILES string of the molecule is CC(C)NS(=O)(=O)c1ccc(Cl)c(C(=O)Nc2ccccc2C(=O)NC2CC2)c1. The average Bonchev–Trinajstić information content (AvgIpc) is 3.45. The number of rotatable bonds is 7. The van der Waals surface area contributed by atoms with Crippen molar-refractivity contribution in [2.75, 3.05) is 5.32 Å². The lowest BCUT2D eigenvalue weighted by atomic mass is 10.1. The van der Waals surface area contributed by atoms with Gasteiger partial charge >= 0.3 is 0 Å². The van der Waals surface area contributed by atoms with E-state index in [9.17, 15) is 18.0 Å². The summed E-state index contributed by atoms with van der Waals surface area (Å²) in [6.07, 6.45) is 1.89. The van der Waals surface area contributed by atoms with E-state index >= 15 is 0 Å². The minimum absolute atomic E-state index is 0.00398. The van der Waals surface area contributed by atoms with Crippen molar-refractivity contribution in [3.63, 3.8) is 0 Å². The summed E-state index contributed by atoms with van der Waals surface area (Å²) in [5.41, 5.74) is 0.644. The molecule has 0 saturated heterocycles. The number of nitrogens with one attached hydrogen (secondary N) is 3. The molecule has 0 unspecified atom stereocenters. The first-order valence-corrected chi connectivity index (χ1v) is 11.1. The van der Waals surface area contributed by atoms with Crippen LogP contribution in [0.5, 0.6) is 0 Å². The lowest BCUT2D eigenvalue weighted by Gasteiger charge is -2.13. The number of sulfonamides is 1. The second kappa shape index (κ2) is 8.52. The fourth-order valence-electron chi connectivity index (χ4n) is 2.69. The molecule has 29 heavy (non-hydrogen) atoms. The third-order valence-electron chi connectivity index (χ3n) is 4.22. The van der Waals surface area contributed by atoms with Gasteiger partial charge in [-0.3, -0.25) is 9.59 Å². The lowest BCUT2D eigenvalue weighted by molar-refractivity contribution is 0.0952. The summed E-state index contributed by atoms with van der Waals surface area (Å²) >= 11 is 6.14. The molecule has 0 aromatic heterocycles. The predicted molar refractivity (Wildman–Crippen MR) is 112 cm³/mol. The third kappa shape index (κ3) is 5.35. The molecule has 0 atom stereocenters. The van der Waals surface area contributed by atoms with Crippen molar-refractivity contribution < 1.29 is 18.0 Å². The zero-order chi connectivity index (χ0) is 21.2. The molecule has 0 bridgehead atoms. The molecular formula is C20H22ClN3O4S. The maximum atomic E-state index is 12.8. The summed E-state index contributed by atoms with van der Waals surface area (Å²) in [6, 6.07) is 10.4. The molecule has 2 aromatic carbocycles. The molecule has 0 aliphatic heterocycles. The van der Waals surface area contributed by atoms with E-state index in [0.29, 0.717) is 11.3 Å². The van der Waals surface area contributed by atoms with Gasteiger partial charge in [0.15, 0.2) is 0 Å². The fourth-order valence-corrected chi connectivity index (χ4v) is 4.17. The molecule has 3 N–H and O–H groups in total. The largest absolute Gasteiger partial charge is 0.349 e. The molecule has 1 aliphatic rings. The van der Waals surface area contributed by atoms with Gasteiger partial charge in [0.25, 0.3) is 11.8 Å². The summed E-state index contributed by atoms with van der Waals surface area (Å²) in [6.45, 7) is 3.40. The highest BCUT2D eigenvalue weighted by atomic mass is 35.5. The molecule has 3 rings (SSSR count). The van der Waals surface area contributed by atoms with Crippen LogP contribution in [0.4, 0.5) is 5.69 Å². The quantitative estimate of drug-likeness (QED) is 0.621. The van der Waals surface area contributed by atoms with Crippen LogP contribution in [-0.2, 0) is 10.0 Å². The number of carbonyl (C=O) groups excluding carboxylic acids is 2. The smallest absolute Gasteiger partial charge is 0.257 e. The van der Waals surface area contributed by atoms with Gasteiger partial charge in [-0.1, -0.05) is 23.7 Å². The summed E-state index contributed by atoms with van der Waals surface area (Å²) < 4.78 is 27.3. The van der Waals surface area contributed by atoms with Crippen LogP contribution in [0, 0.1) is 0 Å². The van der Waals surface area contributed by atoms with Gasteiger partial charge in [0.1, 0.15) is 0 Å². The van der Waals surface area contributed by atoms with Gasteiger partial charge in [-0.15, -0.1) is 0 Å². The molecule has 154 valence electrons. The van der Waals surface area contributed by atoms with Crippen molar-refractivity contribution in [2.24, 2.45) is 0 Å². The Morgan fingerprint density at radius 1 is 1.03 bits per heavy atom. The fraction of sp³-hybridized carbons (Fsp3) is 0.300. The van der Waals surface area contributed by atoms with E-state index in [-0.39, 0.29) is 33.5 Å². The van der Waals surface area contributed by atoms with Crippen LogP contribution < -0.4 is 15.4 Å². The van der Waals surface area contributed by atoms with E-state index < -0.39 is 15.9 Å². The molecule has 0 radical (unpaired) electrons. The summed E-state index contributed by atoms with van der Waals surface area (Å²) in [4.78, 5) is 25.1. The Labute approximate surface area is 174 Å².